The number of carbonyl (C=O) groups is 1. The van der Waals surface area contributed by atoms with Gasteiger partial charge in [-0.25, -0.2) is 4.79 Å². The summed E-state index contributed by atoms with van der Waals surface area (Å²) in [6.07, 6.45) is 0. The smallest absolute Gasteiger partial charge is 0.315 e. The molecule has 0 fully saturated rings. The van der Waals surface area contributed by atoms with E-state index in [1.807, 2.05) is 38.1 Å². The number of aromatic nitrogens is 1. The first-order chi connectivity index (χ1) is 9.13. The summed E-state index contributed by atoms with van der Waals surface area (Å²) < 4.78 is 4.92. The lowest BCUT2D eigenvalue weighted by molar-refractivity contribution is 0.240. The molecular formula is C14H17N3O2. The van der Waals surface area contributed by atoms with Gasteiger partial charge in [-0.15, -0.1) is 0 Å². The summed E-state index contributed by atoms with van der Waals surface area (Å²) in [6, 6.07) is 9.61. The molecule has 0 radical (unpaired) electrons. The van der Waals surface area contributed by atoms with Gasteiger partial charge in [-0.05, 0) is 19.4 Å². The molecule has 0 unspecified atom stereocenters. The van der Waals surface area contributed by atoms with Crippen LogP contribution in [0.15, 0.2) is 34.9 Å². The molecule has 0 atom stereocenters. The molecule has 1 aromatic carbocycles. The fourth-order valence-electron chi connectivity index (χ4n) is 1.62. The quantitative estimate of drug-likeness (QED) is 0.885. The van der Waals surface area contributed by atoms with Crippen molar-refractivity contribution >= 4 is 6.03 Å². The minimum Gasteiger partial charge on any atom is -0.361 e. The molecule has 0 aliphatic carbocycles. The fourth-order valence-corrected chi connectivity index (χ4v) is 1.62. The van der Waals surface area contributed by atoms with Crippen molar-refractivity contribution in [2.75, 3.05) is 0 Å². The average Bonchev–Trinajstić information content (AvgIpc) is 2.81. The van der Waals surface area contributed by atoms with Crippen LogP contribution >= 0.6 is 0 Å². The Hall–Kier alpha value is -2.30. The van der Waals surface area contributed by atoms with Crippen molar-refractivity contribution < 1.29 is 9.32 Å². The number of hydrogen-bond donors (Lipinski definition) is 2. The highest BCUT2D eigenvalue weighted by molar-refractivity contribution is 5.73. The molecule has 0 aliphatic heterocycles. The molecule has 5 heteroatoms. The van der Waals surface area contributed by atoms with Gasteiger partial charge in [0, 0.05) is 12.6 Å². The van der Waals surface area contributed by atoms with E-state index in [0.29, 0.717) is 18.8 Å². The zero-order valence-corrected chi connectivity index (χ0v) is 11.1. The van der Waals surface area contributed by atoms with Crippen molar-refractivity contribution in [2.45, 2.75) is 26.9 Å². The first kappa shape index (κ1) is 13.1. The van der Waals surface area contributed by atoms with Crippen LogP contribution in [0.25, 0.3) is 0 Å². The molecule has 1 aromatic heterocycles. The minimum absolute atomic E-state index is 0.221. The van der Waals surface area contributed by atoms with Crippen LogP contribution in [0.2, 0.25) is 0 Å². The number of urea groups is 1. The molecule has 0 bridgehead atoms. The summed E-state index contributed by atoms with van der Waals surface area (Å²) in [7, 11) is 0. The third-order valence-corrected chi connectivity index (χ3v) is 2.68. The number of amides is 2. The van der Waals surface area contributed by atoms with Crippen LogP contribution in [0.4, 0.5) is 4.79 Å². The van der Waals surface area contributed by atoms with Gasteiger partial charge < -0.3 is 15.2 Å². The molecule has 19 heavy (non-hydrogen) atoms. The first-order valence-electron chi connectivity index (χ1n) is 6.13. The number of nitrogens with zero attached hydrogens (tertiary/aromatic N) is 1. The van der Waals surface area contributed by atoms with Gasteiger partial charge in [0.15, 0.2) is 0 Å². The Morgan fingerprint density at radius 2 is 1.84 bits per heavy atom. The lowest BCUT2D eigenvalue weighted by Gasteiger charge is -2.06. The van der Waals surface area contributed by atoms with Gasteiger partial charge in [-0.2, -0.15) is 0 Å². The Labute approximate surface area is 112 Å². The number of carbonyl (C=O) groups excluding carboxylic acids is 1. The standard InChI is InChI=1S/C14H17N3O2/c1-10-3-5-12(6-4-10)8-15-14(18)16-9-13-7-11(2)19-17-13/h3-7H,8-9H2,1-2H3,(H2,15,16,18). The van der Waals surface area contributed by atoms with Gasteiger partial charge in [-0.3, -0.25) is 0 Å². The average molecular weight is 259 g/mol. The molecule has 0 aliphatic rings. The molecule has 2 amide bonds. The van der Waals surface area contributed by atoms with Crippen LogP contribution in [0, 0.1) is 13.8 Å². The van der Waals surface area contributed by atoms with E-state index in [2.05, 4.69) is 15.8 Å². The van der Waals surface area contributed by atoms with Crippen molar-refractivity contribution in [1.82, 2.24) is 15.8 Å². The highest BCUT2D eigenvalue weighted by Crippen LogP contribution is 2.03. The van der Waals surface area contributed by atoms with Crippen molar-refractivity contribution in [3.63, 3.8) is 0 Å². The molecule has 0 saturated heterocycles. The van der Waals surface area contributed by atoms with Crippen LogP contribution in [0.1, 0.15) is 22.6 Å². The van der Waals surface area contributed by atoms with Crippen molar-refractivity contribution in [3.8, 4) is 0 Å². The summed E-state index contributed by atoms with van der Waals surface area (Å²) in [5.41, 5.74) is 2.98. The van der Waals surface area contributed by atoms with Crippen LogP contribution < -0.4 is 10.6 Å². The van der Waals surface area contributed by atoms with E-state index in [0.717, 1.165) is 11.3 Å². The predicted molar refractivity (Wildman–Crippen MR) is 71.5 cm³/mol. The SMILES string of the molecule is Cc1ccc(CNC(=O)NCc2cc(C)on2)cc1. The van der Waals surface area contributed by atoms with Gasteiger partial charge in [0.2, 0.25) is 0 Å². The predicted octanol–water partition coefficient (Wildman–Crippen LogP) is 2.29. The lowest BCUT2D eigenvalue weighted by Crippen LogP contribution is -2.34. The summed E-state index contributed by atoms with van der Waals surface area (Å²) >= 11 is 0. The summed E-state index contributed by atoms with van der Waals surface area (Å²) in [5, 5.41) is 9.31. The summed E-state index contributed by atoms with van der Waals surface area (Å²) in [5.74, 6) is 0.733. The van der Waals surface area contributed by atoms with Crippen LogP contribution in [0.5, 0.6) is 0 Å². The van der Waals surface area contributed by atoms with Crippen molar-refractivity contribution in [1.29, 1.82) is 0 Å². The second-order valence-corrected chi connectivity index (χ2v) is 4.45. The van der Waals surface area contributed by atoms with Crippen LogP contribution in [-0.2, 0) is 13.1 Å². The zero-order chi connectivity index (χ0) is 13.7. The molecule has 2 aromatic rings. The first-order valence-corrected chi connectivity index (χ1v) is 6.13. The lowest BCUT2D eigenvalue weighted by atomic mass is 10.1. The number of hydrogen-bond acceptors (Lipinski definition) is 3. The molecule has 1 heterocycles. The minimum atomic E-state index is -0.221. The van der Waals surface area contributed by atoms with Gasteiger partial charge in [0.1, 0.15) is 11.5 Å². The number of rotatable bonds is 4. The van der Waals surface area contributed by atoms with Gasteiger partial charge >= 0.3 is 6.03 Å². The molecule has 0 saturated carbocycles. The third-order valence-electron chi connectivity index (χ3n) is 2.68. The van der Waals surface area contributed by atoms with E-state index in [1.54, 1.807) is 6.07 Å². The van der Waals surface area contributed by atoms with E-state index in [9.17, 15) is 4.79 Å². The normalized spacial score (nSPS) is 10.2. The Morgan fingerprint density at radius 3 is 2.47 bits per heavy atom. The maximum atomic E-state index is 11.6. The van der Waals surface area contributed by atoms with Crippen molar-refractivity contribution in [3.05, 3.63) is 52.9 Å². The van der Waals surface area contributed by atoms with Gasteiger partial charge in [-0.1, -0.05) is 35.0 Å². The van der Waals surface area contributed by atoms with Crippen molar-refractivity contribution in [2.24, 2.45) is 0 Å². The Balaban J connectivity index is 1.74. The highest BCUT2D eigenvalue weighted by Gasteiger charge is 2.03. The van der Waals surface area contributed by atoms with Gasteiger partial charge in [0.05, 0.1) is 6.54 Å². The van der Waals surface area contributed by atoms with E-state index in [1.165, 1.54) is 5.56 Å². The van der Waals surface area contributed by atoms with Gasteiger partial charge in [0.25, 0.3) is 0 Å². The highest BCUT2D eigenvalue weighted by atomic mass is 16.5. The summed E-state index contributed by atoms with van der Waals surface area (Å²) in [6.45, 7) is 4.71. The third kappa shape index (κ3) is 4.13. The Morgan fingerprint density at radius 1 is 1.16 bits per heavy atom. The van der Waals surface area contributed by atoms with Crippen LogP contribution in [0.3, 0.4) is 0 Å². The second kappa shape index (κ2) is 6.04. The van der Waals surface area contributed by atoms with E-state index in [4.69, 9.17) is 4.52 Å². The topological polar surface area (TPSA) is 67.2 Å². The second-order valence-electron chi connectivity index (χ2n) is 4.45. The molecule has 5 nitrogen and oxygen atoms in total. The fraction of sp³-hybridized carbons (Fsp3) is 0.286. The molecule has 2 N–H and O–H groups in total. The molecule has 2 rings (SSSR count). The van der Waals surface area contributed by atoms with E-state index in [-0.39, 0.29) is 6.03 Å². The number of nitrogens with one attached hydrogen (secondary N) is 2. The molecule has 0 spiro atoms. The Kier molecular flexibility index (Phi) is 4.18. The monoisotopic (exact) mass is 259 g/mol. The number of benzene rings is 1. The number of aryl methyl sites for hydroxylation is 2. The zero-order valence-electron chi connectivity index (χ0n) is 11.1. The maximum absolute atomic E-state index is 11.6. The molecule has 100 valence electrons. The summed E-state index contributed by atoms with van der Waals surface area (Å²) in [4.78, 5) is 11.6. The van der Waals surface area contributed by atoms with E-state index >= 15 is 0 Å². The van der Waals surface area contributed by atoms with E-state index < -0.39 is 0 Å². The Bertz CT molecular complexity index is 546. The molecular weight excluding hydrogens is 242 g/mol. The largest absolute Gasteiger partial charge is 0.361 e. The maximum Gasteiger partial charge on any atom is 0.315 e. The van der Waals surface area contributed by atoms with Crippen LogP contribution in [-0.4, -0.2) is 11.2 Å².